The van der Waals surface area contributed by atoms with Crippen LogP contribution in [0.15, 0.2) is 18.2 Å². The van der Waals surface area contributed by atoms with Gasteiger partial charge in [-0.15, -0.1) is 0 Å². The minimum absolute atomic E-state index is 0.0149. The molecule has 0 heterocycles. The maximum atomic E-state index is 13.8. The third-order valence-electron chi connectivity index (χ3n) is 2.94. The molecule has 0 saturated heterocycles. The zero-order valence-electron chi connectivity index (χ0n) is 12.6. The predicted molar refractivity (Wildman–Crippen MR) is 76.6 cm³/mol. The van der Waals surface area contributed by atoms with Crippen LogP contribution in [0.1, 0.15) is 31.9 Å². The van der Waals surface area contributed by atoms with Crippen molar-refractivity contribution in [1.82, 2.24) is 5.32 Å². The molecule has 5 nitrogen and oxygen atoms in total. The first-order valence-corrected chi connectivity index (χ1v) is 6.86. The number of hydrogen-bond acceptors (Lipinski definition) is 4. The van der Waals surface area contributed by atoms with Gasteiger partial charge in [0.05, 0.1) is 6.10 Å². The van der Waals surface area contributed by atoms with Crippen molar-refractivity contribution in [3.8, 4) is 5.75 Å². The van der Waals surface area contributed by atoms with E-state index in [4.69, 9.17) is 9.47 Å². The van der Waals surface area contributed by atoms with Gasteiger partial charge >= 0.3 is 0 Å². The van der Waals surface area contributed by atoms with Gasteiger partial charge in [0.15, 0.2) is 17.7 Å². The van der Waals surface area contributed by atoms with E-state index in [0.717, 1.165) is 0 Å². The Morgan fingerprint density at radius 2 is 2.14 bits per heavy atom. The van der Waals surface area contributed by atoms with Gasteiger partial charge in [0.1, 0.15) is 0 Å². The van der Waals surface area contributed by atoms with Crippen molar-refractivity contribution in [3.63, 3.8) is 0 Å². The van der Waals surface area contributed by atoms with Gasteiger partial charge in [-0.25, -0.2) is 4.39 Å². The van der Waals surface area contributed by atoms with Crippen LogP contribution in [-0.4, -0.2) is 37.4 Å². The van der Waals surface area contributed by atoms with Crippen LogP contribution in [0, 0.1) is 5.82 Å². The van der Waals surface area contributed by atoms with E-state index < -0.39 is 18.0 Å². The highest BCUT2D eigenvalue weighted by Gasteiger charge is 2.16. The van der Waals surface area contributed by atoms with Crippen LogP contribution in [0.4, 0.5) is 4.39 Å². The van der Waals surface area contributed by atoms with Crippen LogP contribution in [0.2, 0.25) is 0 Å². The Hall–Kier alpha value is -1.66. The third kappa shape index (κ3) is 5.69. The van der Waals surface area contributed by atoms with Crippen molar-refractivity contribution >= 4 is 5.91 Å². The first-order chi connectivity index (χ1) is 9.95. The normalized spacial score (nSPS) is 13.6. The van der Waals surface area contributed by atoms with Crippen molar-refractivity contribution in [2.24, 2.45) is 0 Å². The van der Waals surface area contributed by atoms with Crippen LogP contribution in [0.3, 0.4) is 0 Å². The van der Waals surface area contributed by atoms with E-state index in [0.29, 0.717) is 25.1 Å². The van der Waals surface area contributed by atoms with E-state index in [2.05, 4.69) is 5.32 Å². The number of benzene rings is 1. The summed E-state index contributed by atoms with van der Waals surface area (Å²) in [4.78, 5) is 11.8. The highest BCUT2D eigenvalue weighted by molar-refractivity contribution is 5.80. The second-order valence-electron chi connectivity index (χ2n) is 4.76. The summed E-state index contributed by atoms with van der Waals surface area (Å²) in [5, 5.41) is 12.0. The van der Waals surface area contributed by atoms with E-state index >= 15 is 0 Å². The molecule has 2 unspecified atom stereocenters. The number of amides is 1. The van der Waals surface area contributed by atoms with Gasteiger partial charge in [0, 0.05) is 20.3 Å². The Bertz CT molecular complexity index is 465. The molecule has 0 radical (unpaired) electrons. The minimum atomic E-state index is -0.806. The molecular formula is C15H22FNO4. The van der Waals surface area contributed by atoms with Crippen molar-refractivity contribution in [1.29, 1.82) is 0 Å². The maximum Gasteiger partial charge on any atom is 0.260 e. The molecule has 1 amide bonds. The van der Waals surface area contributed by atoms with Gasteiger partial charge in [0.25, 0.3) is 5.91 Å². The highest BCUT2D eigenvalue weighted by atomic mass is 19.1. The molecule has 0 spiro atoms. The van der Waals surface area contributed by atoms with Gasteiger partial charge in [-0.2, -0.15) is 0 Å². The van der Waals surface area contributed by atoms with Gasteiger partial charge in [0.2, 0.25) is 0 Å². The molecule has 6 heteroatoms. The number of ether oxygens (including phenoxy) is 2. The molecule has 1 rings (SSSR count). The summed E-state index contributed by atoms with van der Waals surface area (Å²) in [5.74, 6) is -0.934. The fraction of sp³-hybridized carbons (Fsp3) is 0.533. The molecule has 0 aliphatic rings. The van der Waals surface area contributed by atoms with Crippen LogP contribution in [0.25, 0.3) is 0 Å². The van der Waals surface area contributed by atoms with Crippen molar-refractivity contribution < 1.29 is 23.8 Å². The van der Waals surface area contributed by atoms with E-state index in [1.54, 1.807) is 27.0 Å². The number of aliphatic hydroxyl groups is 1. The Balaban J connectivity index is 2.54. The molecule has 21 heavy (non-hydrogen) atoms. The molecule has 1 aromatic carbocycles. The zero-order valence-corrected chi connectivity index (χ0v) is 12.6. The van der Waals surface area contributed by atoms with E-state index in [1.165, 1.54) is 12.1 Å². The van der Waals surface area contributed by atoms with Crippen LogP contribution in [0.5, 0.6) is 5.75 Å². The Labute approximate surface area is 124 Å². The molecule has 0 saturated carbocycles. The lowest BCUT2D eigenvalue weighted by Gasteiger charge is -2.16. The summed E-state index contributed by atoms with van der Waals surface area (Å²) in [7, 11) is 1.59. The van der Waals surface area contributed by atoms with E-state index in [1.807, 2.05) is 0 Å². The third-order valence-corrected chi connectivity index (χ3v) is 2.94. The Kier molecular flexibility index (Phi) is 7.11. The van der Waals surface area contributed by atoms with Crippen molar-refractivity contribution in [3.05, 3.63) is 29.6 Å². The SMILES string of the molecule is COCCCNC(=O)C(C)Oc1ccc(C(C)O)cc1F. The van der Waals surface area contributed by atoms with Gasteiger partial charge < -0.3 is 19.9 Å². The number of carbonyl (C=O) groups is 1. The predicted octanol–water partition coefficient (Wildman–Crippen LogP) is 1.80. The van der Waals surface area contributed by atoms with Crippen molar-refractivity contribution in [2.45, 2.75) is 32.5 Å². The average Bonchev–Trinajstić information content (AvgIpc) is 2.45. The molecule has 2 N–H and O–H groups in total. The number of rotatable bonds is 8. The molecule has 1 aromatic rings. The standard InChI is InChI=1S/C15H22FNO4/c1-10(18)12-5-6-14(13(16)9-12)21-11(2)15(19)17-7-4-8-20-3/h5-6,9-11,18H,4,7-8H2,1-3H3,(H,17,19). The molecule has 118 valence electrons. The topological polar surface area (TPSA) is 67.8 Å². The quantitative estimate of drug-likeness (QED) is 0.718. The molecule has 0 bridgehead atoms. The van der Waals surface area contributed by atoms with E-state index in [-0.39, 0.29) is 11.7 Å². The Morgan fingerprint density at radius 1 is 1.43 bits per heavy atom. The first kappa shape index (κ1) is 17.4. The van der Waals surface area contributed by atoms with Gasteiger partial charge in [-0.05, 0) is 38.0 Å². The number of halogens is 1. The molecule has 0 aromatic heterocycles. The van der Waals surface area contributed by atoms with Crippen molar-refractivity contribution in [2.75, 3.05) is 20.3 Å². The largest absolute Gasteiger partial charge is 0.478 e. The zero-order chi connectivity index (χ0) is 15.8. The van der Waals surface area contributed by atoms with Crippen LogP contribution in [-0.2, 0) is 9.53 Å². The second-order valence-corrected chi connectivity index (χ2v) is 4.76. The summed E-state index contributed by atoms with van der Waals surface area (Å²) in [5.41, 5.74) is 0.455. The second kappa shape index (κ2) is 8.59. The van der Waals surface area contributed by atoms with Crippen LogP contribution < -0.4 is 10.1 Å². The Morgan fingerprint density at radius 3 is 2.71 bits per heavy atom. The number of nitrogens with one attached hydrogen (secondary N) is 1. The van der Waals surface area contributed by atoms with E-state index in [9.17, 15) is 14.3 Å². The molecular weight excluding hydrogens is 277 g/mol. The highest BCUT2D eigenvalue weighted by Crippen LogP contribution is 2.22. The number of hydrogen-bond donors (Lipinski definition) is 2. The van der Waals surface area contributed by atoms with Gasteiger partial charge in [-0.1, -0.05) is 6.07 Å². The smallest absolute Gasteiger partial charge is 0.260 e. The summed E-state index contributed by atoms with van der Waals surface area (Å²) in [6.07, 6.45) is -0.860. The average molecular weight is 299 g/mol. The number of carbonyl (C=O) groups excluding carboxylic acids is 1. The maximum absolute atomic E-state index is 13.8. The van der Waals surface area contributed by atoms with Gasteiger partial charge in [-0.3, -0.25) is 4.79 Å². The summed E-state index contributed by atoms with van der Waals surface area (Å²) in [6.45, 7) is 4.13. The monoisotopic (exact) mass is 299 g/mol. The lowest BCUT2D eigenvalue weighted by atomic mass is 10.1. The minimum Gasteiger partial charge on any atom is -0.478 e. The molecule has 0 aliphatic heterocycles. The molecule has 2 atom stereocenters. The lowest BCUT2D eigenvalue weighted by Crippen LogP contribution is -2.37. The lowest BCUT2D eigenvalue weighted by molar-refractivity contribution is -0.127. The summed E-state index contributed by atoms with van der Waals surface area (Å²) >= 11 is 0. The summed E-state index contributed by atoms with van der Waals surface area (Å²) in [6, 6.07) is 4.17. The number of methoxy groups -OCH3 is 1. The number of aliphatic hydroxyl groups excluding tert-OH is 1. The molecule has 0 aliphatic carbocycles. The summed E-state index contributed by atoms with van der Waals surface area (Å²) < 4.78 is 24.0. The molecule has 0 fully saturated rings. The van der Waals surface area contributed by atoms with Crippen LogP contribution >= 0.6 is 0 Å². The fourth-order valence-electron chi connectivity index (χ4n) is 1.69. The first-order valence-electron chi connectivity index (χ1n) is 6.86. The fourth-order valence-corrected chi connectivity index (χ4v) is 1.69.